The maximum absolute atomic E-state index is 13.8. The fraction of sp³-hybridized carbons (Fsp3) is 0.378. The Labute approximate surface area is 265 Å². The van der Waals surface area contributed by atoms with E-state index in [0.717, 1.165) is 79.7 Å². The first-order chi connectivity index (χ1) is 21.9. The number of pyridine rings is 1. The second kappa shape index (κ2) is 9.19. The molecule has 3 aliphatic carbocycles. The summed E-state index contributed by atoms with van der Waals surface area (Å²) in [5.74, 6) is 3.92. The maximum atomic E-state index is 13.8. The average Bonchev–Trinajstić information content (AvgIpc) is 3.57. The van der Waals surface area contributed by atoms with Crippen LogP contribution in [-0.4, -0.2) is 46.0 Å². The molecule has 0 spiro atoms. The number of benzene rings is 2. The lowest BCUT2D eigenvalue weighted by Gasteiger charge is -2.52. The van der Waals surface area contributed by atoms with E-state index in [1.807, 2.05) is 18.2 Å². The van der Waals surface area contributed by atoms with E-state index in [1.165, 1.54) is 41.8 Å². The minimum atomic E-state index is -0.00539. The van der Waals surface area contributed by atoms with E-state index in [1.54, 1.807) is 18.4 Å². The van der Waals surface area contributed by atoms with Gasteiger partial charge in [-0.2, -0.15) is 0 Å². The van der Waals surface area contributed by atoms with Gasteiger partial charge in [-0.3, -0.25) is 9.59 Å². The summed E-state index contributed by atoms with van der Waals surface area (Å²) < 4.78 is 9.47. The van der Waals surface area contributed by atoms with Gasteiger partial charge >= 0.3 is 0 Å². The number of rotatable bonds is 6. The molecular formula is C37H34N4O3S. The number of nitrogens with one attached hydrogen (secondary N) is 1. The van der Waals surface area contributed by atoms with Gasteiger partial charge in [0.2, 0.25) is 0 Å². The van der Waals surface area contributed by atoms with Crippen LogP contribution in [0.2, 0.25) is 0 Å². The highest BCUT2D eigenvalue weighted by Crippen LogP contribution is 2.61. The van der Waals surface area contributed by atoms with Crippen molar-refractivity contribution in [3.8, 4) is 27.6 Å². The van der Waals surface area contributed by atoms with E-state index < -0.39 is 0 Å². The summed E-state index contributed by atoms with van der Waals surface area (Å²) in [5, 5.41) is 5.13. The lowest BCUT2D eigenvalue weighted by atomic mass is 9.53. The van der Waals surface area contributed by atoms with Crippen LogP contribution >= 0.6 is 11.3 Å². The van der Waals surface area contributed by atoms with Crippen LogP contribution in [0, 0.1) is 30.6 Å². The van der Waals surface area contributed by atoms with Crippen LogP contribution in [0.25, 0.3) is 42.9 Å². The van der Waals surface area contributed by atoms with Crippen LogP contribution < -0.4 is 10.1 Å². The number of carbonyl (C=O) groups is 2. The van der Waals surface area contributed by atoms with E-state index in [9.17, 15) is 9.59 Å². The molecule has 3 aromatic heterocycles. The summed E-state index contributed by atoms with van der Waals surface area (Å²) >= 11 is 1.76. The van der Waals surface area contributed by atoms with E-state index in [-0.39, 0.29) is 11.8 Å². The van der Waals surface area contributed by atoms with Crippen LogP contribution in [0.3, 0.4) is 0 Å². The standard InChI is InChI=1S/C37H34N4O3S/c1-18-32-30(44-2)13-23(37(43)41-17-25-10-22-12-28(41)33(22)25)14-31(32)45-34(18)29-11-21-6-8-27(39-35(21)40(29)16-19-3-4-19)20-5-7-26-24(9-20)15-38-36(26)42/h5-9,11,13-14,19,22,25,28,33H,3-4,10,12,15-17H2,1-2H3,(H,38,42)/t22?,25?,28?,33-/m1/s1. The molecule has 0 radical (unpaired) electrons. The molecule has 10 rings (SSSR count). The van der Waals surface area contributed by atoms with Crippen LogP contribution in [0.1, 0.15) is 57.5 Å². The Balaban J connectivity index is 1.07. The highest BCUT2D eigenvalue weighted by molar-refractivity contribution is 7.22. The molecule has 2 amide bonds. The third-order valence-corrected chi connectivity index (χ3v) is 12.7. The summed E-state index contributed by atoms with van der Waals surface area (Å²) in [6, 6.07) is 17.1. The molecule has 2 aromatic carbocycles. The first-order valence-corrected chi connectivity index (χ1v) is 17.1. The number of amides is 2. The maximum Gasteiger partial charge on any atom is 0.254 e. The van der Waals surface area contributed by atoms with Crippen molar-refractivity contribution in [1.29, 1.82) is 0 Å². The number of likely N-dealkylation sites (tertiary alicyclic amines) is 1. The quantitative estimate of drug-likeness (QED) is 0.223. The van der Waals surface area contributed by atoms with Crippen LogP contribution in [-0.2, 0) is 13.1 Å². The smallest absolute Gasteiger partial charge is 0.254 e. The molecular weight excluding hydrogens is 580 g/mol. The topological polar surface area (TPSA) is 76.5 Å². The van der Waals surface area contributed by atoms with Crippen molar-refractivity contribution in [2.24, 2.45) is 23.7 Å². The van der Waals surface area contributed by atoms with Gasteiger partial charge in [0.05, 0.1) is 23.4 Å². The Bertz CT molecular complexity index is 2120. The van der Waals surface area contributed by atoms with Crippen LogP contribution in [0.15, 0.2) is 48.5 Å². The summed E-state index contributed by atoms with van der Waals surface area (Å²) in [7, 11) is 1.72. The molecule has 1 saturated heterocycles. The van der Waals surface area contributed by atoms with Gasteiger partial charge in [-0.05, 0) is 110 Å². The number of nitrogens with zero attached hydrogens (tertiary/aromatic N) is 3. The first kappa shape index (κ1) is 26.1. The fourth-order valence-corrected chi connectivity index (χ4v) is 10.1. The minimum Gasteiger partial charge on any atom is -0.496 e. The van der Waals surface area contributed by atoms with E-state index >= 15 is 0 Å². The van der Waals surface area contributed by atoms with Crippen LogP contribution in [0.5, 0.6) is 5.75 Å². The van der Waals surface area contributed by atoms with Gasteiger partial charge in [-0.25, -0.2) is 4.98 Å². The average molecular weight is 615 g/mol. The summed E-state index contributed by atoms with van der Waals surface area (Å²) in [6.45, 7) is 4.60. The summed E-state index contributed by atoms with van der Waals surface area (Å²) in [5.41, 5.74) is 7.81. The third kappa shape index (κ3) is 3.72. The van der Waals surface area contributed by atoms with Crippen molar-refractivity contribution in [3.05, 3.63) is 70.8 Å². The zero-order chi connectivity index (χ0) is 30.1. The number of fused-ring (bicyclic) bond motifs is 3. The monoisotopic (exact) mass is 614 g/mol. The largest absolute Gasteiger partial charge is 0.496 e. The molecule has 4 fully saturated rings. The van der Waals surface area contributed by atoms with Crippen molar-refractivity contribution in [2.45, 2.75) is 51.7 Å². The zero-order valence-electron chi connectivity index (χ0n) is 25.4. The summed E-state index contributed by atoms with van der Waals surface area (Å²) in [6.07, 6.45) is 4.97. The number of ether oxygens (including phenoxy) is 1. The highest BCUT2D eigenvalue weighted by atomic mass is 32.1. The molecule has 45 heavy (non-hydrogen) atoms. The van der Waals surface area contributed by atoms with Crippen molar-refractivity contribution in [3.63, 3.8) is 0 Å². The van der Waals surface area contributed by atoms with E-state index in [4.69, 9.17) is 9.72 Å². The van der Waals surface area contributed by atoms with Gasteiger partial charge in [-0.1, -0.05) is 6.07 Å². The molecule has 4 atom stereocenters. The van der Waals surface area contributed by atoms with Gasteiger partial charge in [0.15, 0.2) is 0 Å². The predicted molar refractivity (Wildman–Crippen MR) is 176 cm³/mol. The van der Waals surface area contributed by atoms with Crippen molar-refractivity contribution in [2.75, 3.05) is 13.7 Å². The summed E-state index contributed by atoms with van der Waals surface area (Å²) in [4.78, 5) is 34.5. The number of hydrogen-bond donors (Lipinski definition) is 1. The highest BCUT2D eigenvalue weighted by Gasteiger charge is 2.61. The number of aromatic nitrogens is 2. The normalized spacial score (nSPS) is 24.4. The minimum absolute atomic E-state index is 0.00539. The van der Waals surface area contributed by atoms with Gasteiger partial charge in [-0.15, -0.1) is 11.3 Å². The molecule has 3 saturated carbocycles. The Morgan fingerprint density at radius 1 is 1.09 bits per heavy atom. The molecule has 3 unspecified atom stereocenters. The Morgan fingerprint density at radius 2 is 1.98 bits per heavy atom. The molecule has 0 bridgehead atoms. The van der Waals surface area contributed by atoms with Crippen LogP contribution in [0.4, 0.5) is 0 Å². The lowest BCUT2D eigenvalue weighted by Crippen LogP contribution is -2.53. The van der Waals surface area contributed by atoms with Gasteiger partial charge in [0, 0.05) is 57.8 Å². The number of carbonyl (C=O) groups excluding carboxylic acids is 2. The van der Waals surface area contributed by atoms with E-state index in [2.05, 4.69) is 52.0 Å². The van der Waals surface area contributed by atoms with Crippen molar-refractivity contribution in [1.82, 2.24) is 19.8 Å². The Hall–Kier alpha value is -4.17. The van der Waals surface area contributed by atoms with Crippen molar-refractivity contribution < 1.29 is 14.3 Å². The first-order valence-electron chi connectivity index (χ1n) is 16.3. The third-order valence-electron chi connectivity index (χ3n) is 11.4. The SMILES string of the molecule is COc1cc(C(=O)N2CC3CC4CC2[C@H]43)cc2sc(-c3cc4ccc(-c5ccc6c(c5)CNC6=O)nc4n3CC3CC3)c(C)c12. The van der Waals surface area contributed by atoms with Gasteiger partial charge in [0.1, 0.15) is 11.4 Å². The number of methoxy groups -OCH3 is 1. The molecule has 1 N–H and O–H groups in total. The second-order valence-corrected chi connectivity index (χ2v) is 15.0. The fourth-order valence-electron chi connectivity index (χ4n) is 8.84. The molecule has 2 aliphatic heterocycles. The molecule has 7 nitrogen and oxygen atoms in total. The second-order valence-electron chi connectivity index (χ2n) is 13.9. The number of hydrogen-bond acceptors (Lipinski definition) is 5. The molecule has 8 heteroatoms. The number of thiophene rings is 1. The van der Waals surface area contributed by atoms with Gasteiger partial charge < -0.3 is 19.5 Å². The molecule has 5 heterocycles. The van der Waals surface area contributed by atoms with Gasteiger partial charge in [0.25, 0.3) is 11.8 Å². The Kier molecular flexibility index (Phi) is 5.33. The molecule has 5 aliphatic rings. The Morgan fingerprint density at radius 3 is 2.78 bits per heavy atom. The van der Waals surface area contributed by atoms with Crippen molar-refractivity contribution >= 4 is 44.3 Å². The molecule has 5 aromatic rings. The predicted octanol–water partition coefficient (Wildman–Crippen LogP) is 7.04. The van der Waals surface area contributed by atoms with E-state index in [0.29, 0.717) is 24.4 Å². The lowest BCUT2D eigenvalue weighted by molar-refractivity contribution is -0.0204. The molecule has 226 valence electrons. The number of aryl methyl sites for hydroxylation is 1. The zero-order valence-corrected chi connectivity index (χ0v) is 26.2.